The van der Waals surface area contributed by atoms with Crippen LogP contribution in [-0.2, 0) is 4.79 Å². The molecule has 1 rings (SSSR count). The molecule has 1 atom stereocenters. The van der Waals surface area contributed by atoms with Crippen LogP contribution in [0.3, 0.4) is 0 Å². The molecule has 1 N–H and O–H groups in total. The van der Waals surface area contributed by atoms with Crippen molar-refractivity contribution < 1.29 is 19.4 Å². The summed E-state index contributed by atoms with van der Waals surface area (Å²) in [6, 6.07) is 5.14. The Hall–Kier alpha value is -1.23. The number of rotatable bonds is 4. The smallest absolute Gasteiger partial charge is 0.345 e. The number of aliphatic carboxylic acids is 1. The Morgan fingerprint density at radius 3 is 2.39 bits per heavy atom. The first-order valence-corrected chi connectivity index (χ1v) is 6.28. The quantitative estimate of drug-likeness (QED) is 0.925. The third-order valence-electron chi connectivity index (χ3n) is 2.39. The lowest BCUT2D eigenvalue weighted by Gasteiger charge is -2.28. The summed E-state index contributed by atoms with van der Waals surface area (Å²) in [5.41, 5.74) is -0.495. The number of ether oxygens (including phenoxy) is 2. The van der Waals surface area contributed by atoms with E-state index in [2.05, 4.69) is 15.9 Å². The first-order valence-electron chi connectivity index (χ1n) is 5.48. The van der Waals surface area contributed by atoms with Gasteiger partial charge in [-0.15, -0.1) is 0 Å². The van der Waals surface area contributed by atoms with Crippen molar-refractivity contribution in [2.75, 3.05) is 7.11 Å². The normalized spacial score (nSPS) is 12.9. The van der Waals surface area contributed by atoms with Gasteiger partial charge in [0.1, 0.15) is 11.5 Å². The fourth-order valence-corrected chi connectivity index (χ4v) is 1.88. The Labute approximate surface area is 115 Å². The van der Waals surface area contributed by atoms with Crippen molar-refractivity contribution in [2.24, 2.45) is 5.41 Å². The van der Waals surface area contributed by atoms with Gasteiger partial charge in [-0.3, -0.25) is 0 Å². The summed E-state index contributed by atoms with van der Waals surface area (Å²) in [5, 5.41) is 9.20. The number of halogens is 1. The summed E-state index contributed by atoms with van der Waals surface area (Å²) in [6.45, 7) is 5.47. The van der Waals surface area contributed by atoms with Gasteiger partial charge >= 0.3 is 5.97 Å². The minimum absolute atomic E-state index is 0.484. The SMILES string of the molecule is COc1ccc(OC(C(=O)O)C(C)(C)C)c(Br)c1. The maximum Gasteiger partial charge on any atom is 0.345 e. The molecule has 0 aliphatic rings. The van der Waals surface area contributed by atoms with Crippen LogP contribution in [-0.4, -0.2) is 24.3 Å². The highest BCUT2D eigenvalue weighted by atomic mass is 79.9. The van der Waals surface area contributed by atoms with Crippen LogP contribution >= 0.6 is 15.9 Å². The van der Waals surface area contributed by atoms with Gasteiger partial charge < -0.3 is 14.6 Å². The van der Waals surface area contributed by atoms with Gasteiger partial charge in [-0.25, -0.2) is 4.79 Å². The fourth-order valence-electron chi connectivity index (χ4n) is 1.43. The predicted molar refractivity (Wildman–Crippen MR) is 72.2 cm³/mol. The van der Waals surface area contributed by atoms with Crippen LogP contribution in [0, 0.1) is 5.41 Å². The fraction of sp³-hybridized carbons (Fsp3) is 0.462. The summed E-state index contributed by atoms with van der Waals surface area (Å²) < 4.78 is 11.3. The minimum Gasteiger partial charge on any atom is -0.497 e. The maximum atomic E-state index is 11.2. The number of hydrogen-bond donors (Lipinski definition) is 1. The van der Waals surface area contributed by atoms with E-state index in [1.807, 2.05) is 20.8 Å². The van der Waals surface area contributed by atoms with Crippen LogP contribution in [0.2, 0.25) is 0 Å². The molecule has 0 aliphatic carbocycles. The van der Waals surface area contributed by atoms with E-state index in [0.29, 0.717) is 16.0 Å². The predicted octanol–water partition coefficient (Wildman–Crippen LogP) is 3.34. The summed E-state index contributed by atoms with van der Waals surface area (Å²) >= 11 is 3.33. The Kier molecular flexibility index (Phi) is 4.62. The van der Waals surface area contributed by atoms with Crippen molar-refractivity contribution in [2.45, 2.75) is 26.9 Å². The van der Waals surface area contributed by atoms with Crippen LogP contribution in [0.25, 0.3) is 0 Å². The molecule has 0 saturated carbocycles. The zero-order valence-electron chi connectivity index (χ0n) is 10.9. The number of methoxy groups -OCH3 is 1. The Morgan fingerprint density at radius 1 is 1.39 bits per heavy atom. The second-order valence-corrected chi connectivity index (χ2v) is 5.85. The molecule has 18 heavy (non-hydrogen) atoms. The highest BCUT2D eigenvalue weighted by Gasteiger charge is 2.33. The van der Waals surface area contributed by atoms with Crippen molar-refractivity contribution in [1.82, 2.24) is 0 Å². The van der Waals surface area contributed by atoms with Gasteiger partial charge in [0, 0.05) is 5.41 Å². The molecular weight excluding hydrogens is 300 g/mol. The highest BCUT2D eigenvalue weighted by Crippen LogP contribution is 2.32. The molecule has 1 unspecified atom stereocenters. The van der Waals surface area contributed by atoms with Crippen molar-refractivity contribution in [3.05, 3.63) is 22.7 Å². The highest BCUT2D eigenvalue weighted by molar-refractivity contribution is 9.10. The number of benzene rings is 1. The average Bonchev–Trinajstić information content (AvgIpc) is 2.24. The maximum absolute atomic E-state index is 11.2. The van der Waals surface area contributed by atoms with E-state index in [1.54, 1.807) is 25.3 Å². The summed E-state index contributed by atoms with van der Waals surface area (Å²) in [5.74, 6) is 0.181. The molecule has 0 spiro atoms. The van der Waals surface area contributed by atoms with Gasteiger partial charge in [-0.05, 0) is 34.1 Å². The van der Waals surface area contributed by atoms with E-state index < -0.39 is 17.5 Å². The minimum atomic E-state index is -0.981. The molecule has 0 saturated heterocycles. The van der Waals surface area contributed by atoms with E-state index in [9.17, 15) is 9.90 Å². The van der Waals surface area contributed by atoms with Crippen LogP contribution in [0.5, 0.6) is 11.5 Å². The lowest BCUT2D eigenvalue weighted by Crippen LogP contribution is -2.39. The van der Waals surface area contributed by atoms with Crippen LogP contribution in [0.4, 0.5) is 0 Å². The molecule has 0 bridgehead atoms. The van der Waals surface area contributed by atoms with E-state index in [1.165, 1.54) is 0 Å². The molecule has 0 aliphatic heterocycles. The van der Waals surface area contributed by atoms with Crippen LogP contribution < -0.4 is 9.47 Å². The zero-order chi connectivity index (χ0) is 13.9. The molecule has 1 aromatic rings. The average molecular weight is 317 g/mol. The van der Waals surface area contributed by atoms with Crippen molar-refractivity contribution >= 4 is 21.9 Å². The van der Waals surface area contributed by atoms with Gasteiger partial charge in [0.25, 0.3) is 0 Å². The van der Waals surface area contributed by atoms with E-state index in [4.69, 9.17) is 9.47 Å². The van der Waals surface area contributed by atoms with Gasteiger partial charge in [0.05, 0.1) is 11.6 Å². The largest absolute Gasteiger partial charge is 0.497 e. The number of carboxylic acids is 1. The molecule has 4 nitrogen and oxygen atoms in total. The lowest BCUT2D eigenvalue weighted by molar-refractivity contribution is -0.150. The molecule has 0 amide bonds. The Balaban J connectivity index is 2.98. The standard InChI is InChI=1S/C13H17BrO4/c1-13(2,3)11(12(15)16)18-10-6-5-8(17-4)7-9(10)14/h5-7,11H,1-4H3,(H,15,16). The van der Waals surface area contributed by atoms with Crippen molar-refractivity contribution in [3.8, 4) is 11.5 Å². The lowest BCUT2D eigenvalue weighted by atomic mass is 9.89. The number of carboxylic acid groups (broad SMARTS) is 1. The van der Waals surface area contributed by atoms with Crippen LogP contribution in [0.1, 0.15) is 20.8 Å². The number of hydrogen-bond acceptors (Lipinski definition) is 3. The van der Waals surface area contributed by atoms with E-state index >= 15 is 0 Å². The molecular formula is C13H17BrO4. The first kappa shape index (κ1) is 14.8. The third-order valence-corrected chi connectivity index (χ3v) is 3.01. The molecule has 0 aromatic heterocycles. The number of carbonyl (C=O) groups is 1. The summed E-state index contributed by atoms with van der Waals surface area (Å²) in [6.07, 6.45) is -0.915. The molecule has 0 radical (unpaired) electrons. The monoisotopic (exact) mass is 316 g/mol. The molecule has 5 heteroatoms. The van der Waals surface area contributed by atoms with Crippen molar-refractivity contribution in [1.29, 1.82) is 0 Å². The Bertz CT molecular complexity index is 437. The van der Waals surface area contributed by atoms with Gasteiger partial charge in [0.2, 0.25) is 0 Å². The molecule has 100 valence electrons. The molecule has 0 heterocycles. The van der Waals surface area contributed by atoms with E-state index in [0.717, 1.165) is 0 Å². The third kappa shape index (κ3) is 3.63. The van der Waals surface area contributed by atoms with Gasteiger partial charge in [-0.1, -0.05) is 20.8 Å². The Morgan fingerprint density at radius 2 is 2.00 bits per heavy atom. The van der Waals surface area contributed by atoms with Crippen molar-refractivity contribution in [3.63, 3.8) is 0 Å². The summed E-state index contributed by atoms with van der Waals surface area (Å²) in [4.78, 5) is 11.2. The second kappa shape index (κ2) is 5.61. The van der Waals surface area contributed by atoms with Gasteiger partial charge in [0.15, 0.2) is 6.10 Å². The summed E-state index contributed by atoms with van der Waals surface area (Å²) in [7, 11) is 1.57. The van der Waals surface area contributed by atoms with Gasteiger partial charge in [-0.2, -0.15) is 0 Å². The topological polar surface area (TPSA) is 55.8 Å². The van der Waals surface area contributed by atoms with E-state index in [-0.39, 0.29) is 0 Å². The zero-order valence-corrected chi connectivity index (χ0v) is 12.4. The molecule has 0 fully saturated rings. The first-order chi connectivity index (χ1) is 8.25. The molecule has 1 aromatic carbocycles. The van der Waals surface area contributed by atoms with Crippen LogP contribution in [0.15, 0.2) is 22.7 Å². The second-order valence-electron chi connectivity index (χ2n) is 5.00.